The second-order valence-corrected chi connectivity index (χ2v) is 6.51. The normalized spacial score (nSPS) is 13.6. The molecule has 2 N–H and O–H groups in total. The van der Waals surface area contributed by atoms with Crippen LogP contribution < -0.4 is 14.8 Å². The number of aromatic amines is 1. The van der Waals surface area contributed by atoms with Gasteiger partial charge in [0.1, 0.15) is 24.6 Å². The first-order valence-electron chi connectivity index (χ1n) is 9.02. The van der Waals surface area contributed by atoms with Gasteiger partial charge >= 0.3 is 0 Å². The van der Waals surface area contributed by atoms with Gasteiger partial charge in [0.05, 0.1) is 28.9 Å². The minimum absolute atomic E-state index is 0.0964. The summed E-state index contributed by atoms with van der Waals surface area (Å²) < 4.78 is 10.8. The van der Waals surface area contributed by atoms with E-state index in [1.54, 1.807) is 13.1 Å². The minimum Gasteiger partial charge on any atom is -0.486 e. The van der Waals surface area contributed by atoms with E-state index in [9.17, 15) is 14.9 Å². The zero-order valence-corrected chi connectivity index (χ0v) is 15.5. The number of hydrogen-bond donors (Lipinski definition) is 2. The minimum atomic E-state index is -0.613. The number of nitrogens with zero attached hydrogens (tertiary/aromatic N) is 2. The van der Waals surface area contributed by atoms with Crippen molar-refractivity contribution in [1.29, 1.82) is 0 Å². The monoisotopic (exact) mass is 394 g/mol. The number of ether oxygens (including phenoxy) is 2. The van der Waals surface area contributed by atoms with Gasteiger partial charge in [0.15, 0.2) is 11.5 Å². The predicted molar refractivity (Wildman–Crippen MR) is 104 cm³/mol. The number of rotatable bonds is 5. The van der Waals surface area contributed by atoms with Gasteiger partial charge in [-0.2, -0.15) is 0 Å². The lowest BCUT2D eigenvalue weighted by molar-refractivity contribution is -0.385. The third-order valence-electron chi connectivity index (χ3n) is 4.54. The Labute approximate surface area is 165 Å². The van der Waals surface area contributed by atoms with Crippen LogP contribution in [-0.2, 0) is 0 Å². The van der Waals surface area contributed by atoms with Crippen LogP contribution in [0.1, 0.15) is 29.1 Å². The fraction of sp³-hybridized carbons (Fsp3) is 0.200. The molecule has 0 spiro atoms. The maximum atomic E-state index is 12.8. The number of carbonyl (C=O) groups excluding carboxylic acids is 1. The second-order valence-electron chi connectivity index (χ2n) is 6.51. The lowest BCUT2D eigenvalue weighted by Crippen LogP contribution is -2.28. The van der Waals surface area contributed by atoms with E-state index in [1.807, 2.05) is 30.3 Å². The van der Waals surface area contributed by atoms with Crippen molar-refractivity contribution in [2.75, 3.05) is 13.2 Å². The molecule has 1 unspecified atom stereocenters. The van der Waals surface area contributed by atoms with E-state index >= 15 is 0 Å². The molecule has 0 fully saturated rings. The molecule has 0 aliphatic carbocycles. The largest absolute Gasteiger partial charge is 0.486 e. The number of benzene rings is 2. The highest BCUT2D eigenvalue weighted by Gasteiger charge is 2.27. The van der Waals surface area contributed by atoms with Crippen LogP contribution in [0.3, 0.4) is 0 Å². The van der Waals surface area contributed by atoms with Crippen LogP contribution in [-0.4, -0.2) is 34.0 Å². The van der Waals surface area contributed by atoms with Crippen molar-refractivity contribution in [1.82, 2.24) is 15.3 Å². The summed E-state index contributed by atoms with van der Waals surface area (Å²) in [4.78, 5) is 31.1. The molecule has 148 valence electrons. The Morgan fingerprint density at radius 1 is 1.21 bits per heavy atom. The van der Waals surface area contributed by atoms with Gasteiger partial charge in [0, 0.05) is 6.07 Å². The van der Waals surface area contributed by atoms with Crippen LogP contribution in [0.4, 0.5) is 5.69 Å². The van der Waals surface area contributed by atoms with Crippen LogP contribution in [0, 0.1) is 10.1 Å². The molecule has 4 rings (SSSR count). The van der Waals surface area contributed by atoms with E-state index in [-0.39, 0.29) is 17.0 Å². The average Bonchev–Trinajstić information content (AvgIpc) is 3.24. The zero-order chi connectivity index (χ0) is 20.4. The fourth-order valence-electron chi connectivity index (χ4n) is 3.07. The van der Waals surface area contributed by atoms with Crippen molar-refractivity contribution in [2.24, 2.45) is 0 Å². The van der Waals surface area contributed by atoms with Gasteiger partial charge < -0.3 is 19.8 Å². The molecule has 3 aromatic rings. The first-order valence-corrected chi connectivity index (χ1v) is 9.02. The lowest BCUT2D eigenvalue weighted by atomic mass is 10.1. The summed E-state index contributed by atoms with van der Waals surface area (Å²) in [6.07, 6.45) is 1.68. The maximum Gasteiger partial charge on any atom is 0.286 e. The first-order chi connectivity index (χ1) is 14.0. The predicted octanol–water partition coefficient (Wildman–Crippen LogP) is 3.25. The number of hydrogen-bond acceptors (Lipinski definition) is 6. The molecular formula is C20H18N4O5. The molecule has 1 amide bonds. The number of nitro groups is 1. The number of amides is 1. The van der Waals surface area contributed by atoms with Crippen molar-refractivity contribution in [3.63, 3.8) is 0 Å². The molecule has 29 heavy (non-hydrogen) atoms. The summed E-state index contributed by atoms with van der Waals surface area (Å²) >= 11 is 0. The number of nitrogens with one attached hydrogen (secondary N) is 2. The molecule has 0 bridgehead atoms. The van der Waals surface area contributed by atoms with Crippen molar-refractivity contribution in [3.8, 4) is 22.8 Å². The van der Waals surface area contributed by atoms with Gasteiger partial charge in [-0.3, -0.25) is 14.9 Å². The van der Waals surface area contributed by atoms with Crippen LogP contribution in [0.2, 0.25) is 0 Å². The summed E-state index contributed by atoms with van der Waals surface area (Å²) in [5.41, 5.74) is 1.34. The second kappa shape index (κ2) is 7.63. The molecule has 1 aromatic heterocycles. The van der Waals surface area contributed by atoms with Gasteiger partial charge in [-0.1, -0.05) is 30.3 Å². The molecule has 9 heteroatoms. The van der Waals surface area contributed by atoms with E-state index in [1.165, 1.54) is 12.1 Å². The fourth-order valence-corrected chi connectivity index (χ4v) is 3.07. The Balaban J connectivity index is 1.56. The molecule has 2 aromatic carbocycles. The summed E-state index contributed by atoms with van der Waals surface area (Å²) in [6, 6.07) is 11.7. The van der Waals surface area contributed by atoms with Gasteiger partial charge in [-0.05, 0) is 12.5 Å². The van der Waals surface area contributed by atoms with Crippen LogP contribution in [0.25, 0.3) is 11.3 Å². The van der Waals surface area contributed by atoms with Gasteiger partial charge in [0.25, 0.3) is 11.6 Å². The SMILES string of the molecule is CC(NC(=O)c1cc2c(cc1[N+](=O)[O-])OCCO2)c1ncc(-c2ccccc2)[nH]1. The summed E-state index contributed by atoms with van der Waals surface area (Å²) in [6.45, 7) is 2.36. The summed E-state index contributed by atoms with van der Waals surface area (Å²) in [5, 5.41) is 14.2. The van der Waals surface area contributed by atoms with Crippen LogP contribution in [0.5, 0.6) is 11.5 Å². The lowest BCUT2D eigenvalue weighted by Gasteiger charge is -2.19. The number of imidazole rings is 1. The Bertz CT molecular complexity index is 1060. The number of H-pyrrole nitrogens is 1. The Morgan fingerprint density at radius 2 is 1.90 bits per heavy atom. The van der Waals surface area contributed by atoms with E-state index in [2.05, 4.69) is 15.3 Å². The molecule has 0 saturated heterocycles. The molecule has 1 aliphatic rings. The summed E-state index contributed by atoms with van der Waals surface area (Å²) in [5.74, 6) is 0.506. The molecule has 0 saturated carbocycles. The number of aromatic nitrogens is 2. The van der Waals surface area contributed by atoms with Crippen LogP contribution >= 0.6 is 0 Å². The topological polar surface area (TPSA) is 119 Å². The quantitative estimate of drug-likeness (QED) is 0.506. The molecule has 2 heterocycles. The smallest absolute Gasteiger partial charge is 0.286 e. The highest BCUT2D eigenvalue weighted by molar-refractivity contribution is 5.99. The van der Waals surface area contributed by atoms with E-state index in [0.717, 1.165) is 11.3 Å². The number of carbonyl (C=O) groups is 1. The number of fused-ring (bicyclic) bond motifs is 1. The molecule has 1 atom stereocenters. The van der Waals surface area contributed by atoms with Crippen molar-refractivity contribution in [3.05, 3.63) is 70.2 Å². The molecular weight excluding hydrogens is 376 g/mol. The molecule has 0 radical (unpaired) electrons. The number of nitro benzene ring substituents is 1. The third-order valence-corrected chi connectivity index (χ3v) is 4.54. The molecule has 1 aliphatic heterocycles. The Hall–Kier alpha value is -3.88. The highest BCUT2D eigenvalue weighted by atomic mass is 16.6. The maximum absolute atomic E-state index is 12.8. The van der Waals surface area contributed by atoms with Crippen molar-refractivity contribution >= 4 is 11.6 Å². The van der Waals surface area contributed by atoms with Crippen molar-refractivity contribution < 1.29 is 19.2 Å². The van der Waals surface area contributed by atoms with E-state index in [0.29, 0.717) is 24.8 Å². The first kappa shape index (κ1) is 18.5. The zero-order valence-electron chi connectivity index (χ0n) is 15.5. The van der Waals surface area contributed by atoms with Gasteiger partial charge in [-0.25, -0.2) is 4.98 Å². The summed E-state index contributed by atoms with van der Waals surface area (Å²) in [7, 11) is 0. The highest BCUT2D eigenvalue weighted by Crippen LogP contribution is 2.36. The Kier molecular flexibility index (Phi) is 4.86. The van der Waals surface area contributed by atoms with E-state index < -0.39 is 16.9 Å². The third kappa shape index (κ3) is 3.75. The van der Waals surface area contributed by atoms with Gasteiger partial charge in [-0.15, -0.1) is 0 Å². The Morgan fingerprint density at radius 3 is 2.59 bits per heavy atom. The van der Waals surface area contributed by atoms with Crippen LogP contribution in [0.15, 0.2) is 48.7 Å². The van der Waals surface area contributed by atoms with Gasteiger partial charge in [0.2, 0.25) is 0 Å². The van der Waals surface area contributed by atoms with E-state index in [4.69, 9.17) is 9.47 Å². The standard InChI is InChI=1S/C20H18N4O5/c1-12(19-21-11-15(23-19)13-5-3-2-4-6-13)22-20(25)14-9-17-18(29-8-7-28-17)10-16(14)24(26)27/h2-6,9-12H,7-8H2,1H3,(H,21,23)(H,22,25). The van der Waals surface area contributed by atoms with Crippen molar-refractivity contribution in [2.45, 2.75) is 13.0 Å². The average molecular weight is 394 g/mol. The molecule has 9 nitrogen and oxygen atoms in total.